The Morgan fingerprint density at radius 2 is 1.62 bits per heavy atom. The molecule has 0 aliphatic heterocycles. The highest BCUT2D eigenvalue weighted by molar-refractivity contribution is 5.91. The van der Waals surface area contributed by atoms with Crippen LogP contribution in [0.3, 0.4) is 0 Å². The van der Waals surface area contributed by atoms with Crippen LogP contribution in [0.15, 0.2) is 66.7 Å². The van der Waals surface area contributed by atoms with Gasteiger partial charge in [-0.2, -0.15) is 0 Å². The zero-order valence-electron chi connectivity index (χ0n) is 11.9. The smallest absolute Gasteiger partial charge is 0.138 e. The lowest BCUT2D eigenvalue weighted by Crippen LogP contribution is -2.00. The van der Waals surface area contributed by atoms with Gasteiger partial charge < -0.3 is 4.74 Å². The van der Waals surface area contributed by atoms with Gasteiger partial charge in [0, 0.05) is 17.4 Å². The Labute approximate surface area is 124 Å². The van der Waals surface area contributed by atoms with Gasteiger partial charge in [-0.05, 0) is 24.4 Å². The number of rotatable bonds is 4. The third kappa shape index (κ3) is 2.95. The molecule has 0 aliphatic rings. The minimum absolute atomic E-state index is 0.128. The standard InChI is InChI=1S/C19H16O2/c1-14(20)13-16-12-11-15-7-5-6-10-18(15)19(16)21-17-8-3-2-4-9-17/h2-12H,13H2,1H3. The summed E-state index contributed by atoms with van der Waals surface area (Å²) in [6.45, 7) is 1.60. The Morgan fingerprint density at radius 3 is 2.38 bits per heavy atom. The maximum Gasteiger partial charge on any atom is 0.138 e. The molecule has 0 radical (unpaired) electrons. The predicted molar refractivity (Wildman–Crippen MR) is 84.8 cm³/mol. The Kier molecular flexibility index (Phi) is 3.69. The minimum atomic E-state index is 0.128. The Balaban J connectivity index is 2.13. The monoisotopic (exact) mass is 276 g/mol. The van der Waals surface area contributed by atoms with Crippen molar-refractivity contribution in [3.63, 3.8) is 0 Å². The van der Waals surface area contributed by atoms with Crippen molar-refractivity contribution in [1.82, 2.24) is 0 Å². The van der Waals surface area contributed by atoms with E-state index in [1.807, 2.05) is 66.7 Å². The largest absolute Gasteiger partial charge is 0.456 e. The van der Waals surface area contributed by atoms with Crippen LogP contribution < -0.4 is 4.74 Å². The minimum Gasteiger partial charge on any atom is -0.456 e. The van der Waals surface area contributed by atoms with Crippen LogP contribution in [0.2, 0.25) is 0 Å². The van der Waals surface area contributed by atoms with Gasteiger partial charge >= 0.3 is 0 Å². The number of hydrogen-bond acceptors (Lipinski definition) is 2. The van der Waals surface area contributed by atoms with E-state index in [0.29, 0.717) is 6.42 Å². The van der Waals surface area contributed by atoms with Gasteiger partial charge in [0.15, 0.2) is 0 Å². The zero-order valence-corrected chi connectivity index (χ0v) is 11.9. The number of Topliss-reactive ketones (excluding diaryl/α,β-unsaturated/α-hetero) is 1. The molecular formula is C19H16O2. The van der Waals surface area contributed by atoms with Gasteiger partial charge in [0.1, 0.15) is 17.3 Å². The number of carbonyl (C=O) groups excluding carboxylic acids is 1. The number of para-hydroxylation sites is 1. The summed E-state index contributed by atoms with van der Waals surface area (Å²) in [5.41, 5.74) is 0.921. The number of ether oxygens (including phenoxy) is 1. The number of carbonyl (C=O) groups is 1. The van der Waals surface area contributed by atoms with E-state index in [1.165, 1.54) is 0 Å². The van der Waals surface area contributed by atoms with Crippen molar-refractivity contribution in [3.8, 4) is 11.5 Å². The van der Waals surface area contributed by atoms with Crippen molar-refractivity contribution < 1.29 is 9.53 Å². The molecule has 0 N–H and O–H groups in total. The Bertz CT molecular complexity index is 776. The first-order valence-corrected chi connectivity index (χ1v) is 6.97. The highest BCUT2D eigenvalue weighted by atomic mass is 16.5. The van der Waals surface area contributed by atoms with Crippen LogP contribution in [0, 0.1) is 0 Å². The van der Waals surface area contributed by atoms with Gasteiger partial charge in [-0.1, -0.05) is 54.6 Å². The lowest BCUT2D eigenvalue weighted by Gasteiger charge is -2.13. The molecule has 104 valence electrons. The molecule has 0 aliphatic carbocycles. The van der Waals surface area contributed by atoms with Crippen molar-refractivity contribution in [2.24, 2.45) is 0 Å². The van der Waals surface area contributed by atoms with Crippen LogP contribution in [0.25, 0.3) is 10.8 Å². The van der Waals surface area contributed by atoms with Crippen molar-refractivity contribution in [1.29, 1.82) is 0 Å². The van der Waals surface area contributed by atoms with E-state index in [2.05, 4.69) is 0 Å². The van der Waals surface area contributed by atoms with E-state index in [9.17, 15) is 4.79 Å². The van der Waals surface area contributed by atoms with E-state index in [4.69, 9.17) is 4.74 Å². The molecule has 0 heterocycles. The molecule has 0 atom stereocenters. The third-order valence-electron chi connectivity index (χ3n) is 3.36. The predicted octanol–water partition coefficient (Wildman–Crippen LogP) is 4.76. The quantitative estimate of drug-likeness (QED) is 0.686. The molecule has 0 bridgehead atoms. The molecule has 0 amide bonds. The molecule has 2 nitrogen and oxygen atoms in total. The van der Waals surface area contributed by atoms with Crippen LogP contribution in [0.1, 0.15) is 12.5 Å². The van der Waals surface area contributed by atoms with Crippen LogP contribution in [0.5, 0.6) is 11.5 Å². The van der Waals surface area contributed by atoms with Gasteiger partial charge in [0.05, 0.1) is 0 Å². The molecule has 3 aromatic carbocycles. The van der Waals surface area contributed by atoms with Gasteiger partial charge in [-0.3, -0.25) is 4.79 Å². The summed E-state index contributed by atoms with van der Waals surface area (Å²) in [6, 6.07) is 21.7. The lowest BCUT2D eigenvalue weighted by atomic mass is 10.0. The lowest BCUT2D eigenvalue weighted by molar-refractivity contribution is -0.116. The second-order valence-electron chi connectivity index (χ2n) is 5.07. The van der Waals surface area contributed by atoms with E-state index in [0.717, 1.165) is 27.8 Å². The summed E-state index contributed by atoms with van der Waals surface area (Å²) in [4.78, 5) is 11.5. The van der Waals surface area contributed by atoms with Crippen molar-refractivity contribution in [2.75, 3.05) is 0 Å². The molecule has 21 heavy (non-hydrogen) atoms. The molecule has 0 unspecified atom stereocenters. The normalized spacial score (nSPS) is 10.5. The van der Waals surface area contributed by atoms with E-state index < -0.39 is 0 Å². The zero-order chi connectivity index (χ0) is 14.7. The number of ketones is 1. The van der Waals surface area contributed by atoms with Gasteiger partial charge in [-0.25, -0.2) is 0 Å². The molecule has 0 saturated carbocycles. The first-order chi connectivity index (χ1) is 10.2. The number of hydrogen-bond donors (Lipinski definition) is 0. The second-order valence-corrected chi connectivity index (χ2v) is 5.07. The first kappa shape index (κ1) is 13.4. The molecule has 0 aromatic heterocycles. The van der Waals surface area contributed by atoms with Crippen molar-refractivity contribution in [2.45, 2.75) is 13.3 Å². The fourth-order valence-corrected chi connectivity index (χ4v) is 2.42. The molecule has 0 saturated heterocycles. The van der Waals surface area contributed by atoms with Gasteiger partial charge in [0.25, 0.3) is 0 Å². The number of benzene rings is 3. The highest BCUT2D eigenvalue weighted by Crippen LogP contribution is 2.34. The van der Waals surface area contributed by atoms with Gasteiger partial charge in [0.2, 0.25) is 0 Å². The topological polar surface area (TPSA) is 26.3 Å². The molecule has 3 aromatic rings. The average Bonchev–Trinajstić information content (AvgIpc) is 2.50. The molecule has 3 rings (SSSR count). The fraction of sp³-hybridized carbons (Fsp3) is 0.105. The summed E-state index contributed by atoms with van der Waals surface area (Å²) in [6.07, 6.45) is 0.382. The summed E-state index contributed by atoms with van der Waals surface area (Å²) >= 11 is 0. The maximum absolute atomic E-state index is 11.5. The maximum atomic E-state index is 11.5. The van der Waals surface area contributed by atoms with Crippen LogP contribution in [-0.4, -0.2) is 5.78 Å². The van der Waals surface area contributed by atoms with Crippen LogP contribution >= 0.6 is 0 Å². The fourth-order valence-electron chi connectivity index (χ4n) is 2.42. The molecule has 0 spiro atoms. The third-order valence-corrected chi connectivity index (χ3v) is 3.36. The second kappa shape index (κ2) is 5.80. The summed E-state index contributed by atoms with van der Waals surface area (Å²) in [7, 11) is 0. The number of fused-ring (bicyclic) bond motifs is 1. The molecule has 0 fully saturated rings. The van der Waals surface area contributed by atoms with Gasteiger partial charge in [-0.15, -0.1) is 0 Å². The highest BCUT2D eigenvalue weighted by Gasteiger charge is 2.11. The van der Waals surface area contributed by atoms with E-state index in [-0.39, 0.29) is 5.78 Å². The summed E-state index contributed by atoms with van der Waals surface area (Å²) in [5.74, 6) is 1.68. The Morgan fingerprint density at radius 1 is 0.905 bits per heavy atom. The SMILES string of the molecule is CC(=O)Cc1ccc2ccccc2c1Oc1ccccc1. The molecular weight excluding hydrogens is 260 g/mol. The van der Waals surface area contributed by atoms with Crippen molar-refractivity contribution in [3.05, 3.63) is 72.3 Å². The van der Waals surface area contributed by atoms with Crippen LogP contribution in [-0.2, 0) is 11.2 Å². The average molecular weight is 276 g/mol. The van der Waals surface area contributed by atoms with Crippen molar-refractivity contribution >= 4 is 16.6 Å². The van der Waals surface area contributed by atoms with Crippen LogP contribution in [0.4, 0.5) is 0 Å². The summed E-state index contributed by atoms with van der Waals surface area (Å²) in [5, 5.41) is 2.14. The first-order valence-electron chi connectivity index (χ1n) is 6.97. The molecule has 2 heteroatoms. The van der Waals surface area contributed by atoms with E-state index in [1.54, 1.807) is 6.92 Å². The Hall–Kier alpha value is -2.61. The van der Waals surface area contributed by atoms with E-state index >= 15 is 0 Å². The summed E-state index contributed by atoms with van der Waals surface area (Å²) < 4.78 is 6.07.